The average molecular weight is 237 g/mol. The number of hydrogen-bond donors (Lipinski definition) is 1. The molecule has 2 unspecified atom stereocenters. The monoisotopic (exact) mass is 237 g/mol. The van der Waals surface area contributed by atoms with Crippen molar-refractivity contribution in [2.75, 3.05) is 13.1 Å². The van der Waals surface area contributed by atoms with Crippen LogP contribution in [0.5, 0.6) is 0 Å². The number of hydrogen-bond acceptors (Lipinski definition) is 2. The maximum absolute atomic E-state index is 10.7. The van der Waals surface area contributed by atoms with Crippen LogP contribution in [0.15, 0.2) is 0 Å². The van der Waals surface area contributed by atoms with Gasteiger partial charge in [0.15, 0.2) is 0 Å². The molecule has 0 aromatic carbocycles. The van der Waals surface area contributed by atoms with Crippen LogP contribution in [0, 0.1) is 5.92 Å². The minimum Gasteiger partial charge on any atom is -0.390 e. The fraction of sp³-hybridized carbons (Fsp3) is 1.00. The molecule has 2 nitrogen and oxygen atoms in total. The first-order valence-corrected chi connectivity index (χ1v) is 7.74. The summed E-state index contributed by atoms with van der Waals surface area (Å²) in [5.74, 6) is 0.576. The summed E-state index contributed by atoms with van der Waals surface area (Å²) >= 11 is 0. The van der Waals surface area contributed by atoms with Gasteiger partial charge in [-0.1, -0.05) is 32.1 Å². The third-order valence-electron chi connectivity index (χ3n) is 5.55. The first-order chi connectivity index (χ1) is 8.28. The van der Waals surface area contributed by atoms with Crippen LogP contribution in [0.3, 0.4) is 0 Å². The molecule has 0 spiro atoms. The van der Waals surface area contributed by atoms with E-state index in [1.807, 2.05) is 0 Å². The molecule has 3 fully saturated rings. The molecule has 2 aliphatic carbocycles. The van der Waals surface area contributed by atoms with E-state index in [0.717, 1.165) is 25.4 Å². The van der Waals surface area contributed by atoms with Crippen LogP contribution < -0.4 is 0 Å². The molecule has 2 atom stereocenters. The zero-order valence-electron chi connectivity index (χ0n) is 11.0. The smallest absolute Gasteiger partial charge is 0.0700 e. The second-order valence-electron chi connectivity index (χ2n) is 6.58. The highest BCUT2D eigenvalue weighted by Crippen LogP contribution is 2.41. The topological polar surface area (TPSA) is 23.5 Å². The van der Waals surface area contributed by atoms with Crippen molar-refractivity contribution in [2.45, 2.75) is 75.9 Å². The zero-order chi connectivity index (χ0) is 11.7. The van der Waals surface area contributed by atoms with Gasteiger partial charge >= 0.3 is 0 Å². The predicted octanol–water partition coefficient (Wildman–Crippen LogP) is 2.95. The minimum atomic E-state index is -0.288. The molecule has 0 aromatic rings. The van der Waals surface area contributed by atoms with E-state index in [0.29, 0.717) is 5.92 Å². The summed E-state index contributed by atoms with van der Waals surface area (Å²) in [6, 6.07) is 0.843. The van der Waals surface area contributed by atoms with Crippen LogP contribution in [-0.4, -0.2) is 34.7 Å². The predicted molar refractivity (Wildman–Crippen MR) is 70.0 cm³/mol. The third-order valence-corrected chi connectivity index (χ3v) is 5.55. The minimum absolute atomic E-state index is 0.288. The summed E-state index contributed by atoms with van der Waals surface area (Å²) in [5.41, 5.74) is -0.288. The number of likely N-dealkylation sites (tertiary alicyclic amines) is 1. The summed E-state index contributed by atoms with van der Waals surface area (Å²) in [7, 11) is 0. The Morgan fingerprint density at radius 3 is 2.47 bits per heavy atom. The number of piperidine rings is 1. The zero-order valence-corrected chi connectivity index (χ0v) is 11.0. The van der Waals surface area contributed by atoms with Crippen molar-refractivity contribution >= 4 is 0 Å². The van der Waals surface area contributed by atoms with Crippen LogP contribution in [0.25, 0.3) is 0 Å². The van der Waals surface area contributed by atoms with E-state index in [-0.39, 0.29) is 5.60 Å². The van der Waals surface area contributed by atoms with E-state index in [9.17, 15) is 5.11 Å². The molecular formula is C15H27NO. The van der Waals surface area contributed by atoms with Gasteiger partial charge in [0.25, 0.3) is 0 Å². The van der Waals surface area contributed by atoms with Gasteiger partial charge in [-0.15, -0.1) is 0 Å². The Hall–Kier alpha value is -0.0800. The molecule has 1 N–H and O–H groups in total. The second kappa shape index (κ2) is 4.89. The Balaban J connectivity index is 1.62. The maximum Gasteiger partial charge on any atom is 0.0700 e. The molecular weight excluding hydrogens is 210 g/mol. The van der Waals surface area contributed by atoms with Crippen LogP contribution in [0.4, 0.5) is 0 Å². The number of fused-ring (bicyclic) bond motifs is 1. The number of aliphatic hydroxyl groups is 1. The van der Waals surface area contributed by atoms with Crippen LogP contribution in [-0.2, 0) is 0 Å². The van der Waals surface area contributed by atoms with Gasteiger partial charge in [-0.3, -0.25) is 4.90 Å². The van der Waals surface area contributed by atoms with Crippen LogP contribution in [0.1, 0.15) is 64.2 Å². The number of rotatable bonds is 1. The Bertz CT molecular complexity index is 262. The molecule has 2 heteroatoms. The molecule has 0 radical (unpaired) electrons. The lowest BCUT2D eigenvalue weighted by atomic mass is 9.70. The van der Waals surface area contributed by atoms with E-state index in [1.54, 1.807) is 0 Å². The third kappa shape index (κ3) is 2.39. The van der Waals surface area contributed by atoms with Crippen molar-refractivity contribution in [1.82, 2.24) is 4.90 Å². The molecule has 1 saturated heterocycles. The maximum atomic E-state index is 10.7. The highest BCUT2D eigenvalue weighted by atomic mass is 16.3. The van der Waals surface area contributed by atoms with Crippen LogP contribution >= 0.6 is 0 Å². The van der Waals surface area contributed by atoms with E-state index < -0.39 is 0 Å². The fourth-order valence-corrected chi connectivity index (χ4v) is 4.37. The van der Waals surface area contributed by atoms with Crippen molar-refractivity contribution in [3.8, 4) is 0 Å². The summed E-state index contributed by atoms with van der Waals surface area (Å²) in [6.07, 6.45) is 13.1. The summed E-state index contributed by atoms with van der Waals surface area (Å²) in [6.45, 7) is 2.33. The Labute approximate surface area is 105 Å². The molecule has 1 heterocycles. The van der Waals surface area contributed by atoms with Gasteiger partial charge in [0.05, 0.1) is 5.60 Å². The molecule has 0 aromatic heterocycles. The van der Waals surface area contributed by atoms with Gasteiger partial charge < -0.3 is 5.11 Å². The van der Waals surface area contributed by atoms with E-state index in [1.165, 1.54) is 57.9 Å². The van der Waals surface area contributed by atoms with Gasteiger partial charge in [0.1, 0.15) is 0 Å². The highest BCUT2D eigenvalue weighted by Gasteiger charge is 2.43. The molecule has 3 aliphatic rings. The fourth-order valence-electron chi connectivity index (χ4n) is 4.37. The van der Waals surface area contributed by atoms with Gasteiger partial charge in [0.2, 0.25) is 0 Å². The SMILES string of the molecule is OC12CCCCC1CN(C1CCCCC1)CC2. The Morgan fingerprint density at radius 2 is 1.65 bits per heavy atom. The lowest BCUT2D eigenvalue weighted by Gasteiger charge is -2.50. The van der Waals surface area contributed by atoms with E-state index in [4.69, 9.17) is 0 Å². The molecule has 17 heavy (non-hydrogen) atoms. The molecule has 0 bridgehead atoms. The molecule has 1 aliphatic heterocycles. The molecule has 0 amide bonds. The molecule has 98 valence electrons. The average Bonchev–Trinajstić information content (AvgIpc) is 2.39. The Kier molecular flexibility index (Phi) is 3.45. The second-order valence-corrected chi connectivity index (χ2v) is 6.58. The lowest BCUT2D eigenvalue weighted by Crippen LogP contribution is -2.55. The quantitative estimate of drug-likeness (QED) is 0.758. The van der Waals surface area contributed by atoms with Gasteiger partial charge in [-0.05, 0) is 32.1 Å². The first-order valence-electron chi connectivity index (χ1n) is 7.74. The lowest BCUT2D eigenvalue weighted by molar-refractivity contribution is -0.104. The molecule has 3 rings (SSSR count). The Morgan fingerprint density at radius 1 is 0.882 bits per heavy atom. The van der Waals surface area contributed by atoms with Crippen molar-refractivity contribution in [2.24, 2.45) is 5.92 Å². The first kappa shape index (κ1) is 12.0. The standard InChI is InChI=1S/C15H27NO/c17-15-9-5-4-6-13(15)12-16(11-10-15)14-7-2-1-3-8-14/h13-14,17H,1-12H2. The van der Waals surface area contributed by atoms with Gasteiger partial charge in [0, 0.05) is 25.0 Å². The van der Waals surface area contributed by atoms with Crippen molar-refractivity contribution in [3.63, 3.8) is 0 Å². The van der Waals surface area contributed by atoms with E-state index >= 15 is 0 Å². The number of nitrogens with zero attached hydrogens (tertiary/aromatic N) is 1. The van der Waals surface area contributed by atoms with Crippen molar-refractivity contribution in [3.05, 3.63) is 0 Å². The summed E-state index contributed by atoms with van der Waals surface area (Å²) in [4.78, 5) is 2.71. The summed E-state index contributed by atoms with van der Waals surface area (Å²) in [5, 5.41) is 10.7. The van der Waals surface area contributed by atoms with E-state index in [2.05, 4.69) is 4.90 Å². The normalized spacial score (nSPS) is 41.1. The van der Waals surface area contributed by atoms with Crippen molar-refractivity contribution in [1.29, 1.82) is 0 Å². The van der Waals surface area contributed by atoms with Gasteiger partial charge in [-0.25, -0.2) is 0 Å². The van der Waals surface area contributed by atoms with Crippen molar-refractivity contribution < 1.29 is 5.11 Å². The molecule has 2 saturated carbocycles. The summed E-state index contributed by atoms with van der Waals surface area (Å²) < 4.78 is 0. The largest absolute Gasteiger partial charge is 0.390 e. The van der Waals surface area contributed by atoms with Crippen LogP contribution in [0.2, 0.25) is 0 Å². The van der Waals surface area contributed by atoms with Gasteiger partial charge in [-0.2, -0.15) is 0 Å². The highest BCUT2D eigenvalue weighted by molar-refractivity contribution is 4.97.